The van der Waals surface area contributed by atoms with E-state index >= 15 is 0 Å². The average Bonchev–Trinajstić information content (AvgIpc) is 2.73. The molecule has 0 amide bonds. The molecule has 0 spiro atoms. The standard InChI is InChI=1S/C24H13FN2/c1-27-23-14-17(13-18(15-26)24(23)25)20-10-4-5-11-21(20)22-12-6-8-16-7-2-3-9-19(16)22/h2-14H. The molecule has 0 aliphatic rings. The van der Waals surface area contributed by atoms with Gasteiger partial charge in [0, 0.05) is 0 Å². The number of halogens is 1. The highest BCUT2D eigenvalue weighted by molar-refractivity contribution is 6.00. The van der Waals surface area contributed by atoms with Gasteiger partial charge in [-0.2, -0.15) is 5.26 Å². The second-order valence-electron chi connectivity index (χ2n) is 6.15. The van der Waals surface area contributed by atoms with Crippen molar-refractivity contribution in [2.75, 3.05) is 0 Å². The summed E-state index contributed by atoms with van der Waals surface area (Å²) in [4.78, 5) is 3.24. The maximum atomic E-state index is 14.2. The van der Waals surface area contributed by atoms with E-state index in [1.165, 1.54) is 12.1 Å². The van der Waals surface area contributed by atoms with Crippen molar-refractivity contribution in [2.24, 2.45) is 0 Å². The summed E-state index contributed by atoms with van der Waals surface area (Å²) in [5.74, 6) is -0.765. The van der Waals surface area contributed by atoms with Gasteiger partial charge in [-0.3, -0.25) is 0 Å². The second-order valence-corrected chi connectivity index (χ2v) is 6.15. The molecule has 4 aromatic rings. The highest BCUT2D eigenvalue weighted by Gasteiger charge is 2.15. The van der Waals surface area contributed by atoms with E-state index in [4.69, 9.17) is 6.57 Å². The summed E-state index contributed by atoms with van der Waals surface area (Å²) < 4.78 is 14.2. The SMILES string of the molecule is [C-]#[N+]c1cc(-c2ccccc2-c2cccc3ccccc23)cc(C#N)c1F. The third-order valence-electron chi connectivity index (χ3n) is 4.61. The molecule has 0 aromatic heterocycles. The minimum Gasteiger partial charge on any atom is -0.235 e. The molecule has 126 valence electrons. The lowest BCUT2D eigenvalue weighted by atomic mass is 9.90. The summed E-state index contributed by atoms with van der Waals surface area (Å²) in [6, 6.07) is 26.9. The Morgan fingerprint density at radius 3 is 2.26 bits per heavy atom. The van der Waals surface area contributed by atoms with E-state index in [-0.39, 0.29) is 11.3 Å². The van der Waals surface area contributed by atoms with Crippen molar-refractivity contribution in [1.82, 2.24) is 0 Å². The Bertz CT molecular complexity index is 1220. The van der Waals surface area contributed by atoms with Gasteiger partial charge in [-0.05, 0) is 45.2 Å². The molecule has 2 nitrogen and oxygen atoms in total. The van der Waals surface area contributed by atoms with Crippen LogP contribution in [-0.4, -0.2) is 0 Å². The summed E-state index contributed by atoms with van der Waals surface area (Å²) in [5, 5.41) is 11.5. The molecule has 4 rings (SSSR count). The highest BCUT2D eigenvalue weighted by Crippen LogP contribution is 2.38. The molecule has 3 heteroatoms. The van der Waals surface area contributed by atoms with Gasteiger partial charge < -0.3 is 0 Å². The maximum absolute atomic E-state index is 14.2. The van der Waals surface area contributed by atoms with Crippen molar-refractivity contribution in [3.63, 3.8) is 0 Å². The fraction of sp³-hybridized carbons (Fsp3) is 0. The molecule has 0 aliphatic heterocycles. The number of hydrogen-bond acceptors (Lipinski definition) is 1. The van der Waals surface area contributed by atoms with Gasteiger partial charge >= 0.3 is 0 Å². The lowest BCUT2D eigenvalue weighted by molar-refractivity contribution is 0.630. The predicted molar refractivity (Wildman–Crippen MR) is 106 cm³/mol. The fourth-order valence-electron chi connectivity index (χ4n) is 3.36. The van der Waals surface area contributed by atoms with Gasteiger partial charge in [-0.25, -0.2) is 9.24 Å². The van der Waals surface area contributed by atoms with Gasteiger partial charge in [-0.1, -0.05) is 66.7 Å². The van der Waals surface area contributed by atoms with E-state index in [9.17, 15) is 9.65 Å². The van der Waals surface area contributed by atoms with Crippen LogP contribution in [0, 0.1) is 23.7 Å². The molecular weight excluding hydrogens is 335 g/mol. The number of nitrogens with zero attached hydrogens (tertiary/aromatic N) is 2. The zero-order chi connectivity index (χ0) is 18.8. The van der Waals surface area contributed by atoms with Crippen LogP contribution in [0.15, 0.2) is 78.9 Å². The number of fused-ring (bicyclic) bond motifs is 1. The van der Waals surface area contributed by atoms with Crippen molar-refractivity contribution < 1.29 is 4.39 Å². The lowest BCUT2D eigenvalue weighted by Gasteiger charge is -2.13. The third-order valence-corrected chi connectivity index (χ3v) is 4.61. The predicted octanol–water partition coefficient (Wildman–Crippen LogP) is 6.74. The topological polar surface area (TPSA) is 28.1 Å². The first kappa shape index (κ1) is 16.5. The number of rotatable bonds is 2. The Balaban J connectivity index is 2.01. The van der Waals surface area contributed by atoms with Crippen LogP contribution in [0.3, 0.4) is 0 Å². The fourth-order valence-corrected chi connectivity index (χ4v) is 3.36. The first-order valence-electron chi connectivity index (χ1n) is 8.41. The lowest BCUT2D eigenvalue weighted by Crippen LogP contribution is -1.90. The van der Waals surface area contributed by atoms with E-state index < -0.39 is 5.82 Å². The summed E-state index contributed by atoms with van der Waals surface area (Å²) >= 11 is 0. The van der Waals surface area contributed by atoms with Gasteiger partial charge in [0.15, 0.2) is 0 Å². The summed E-state index contributed by atoms with van der Waals surface area (Å²) in [5.41, 5.74) is 3.28. The molecule has 27 heavy (non-hydrogen) atoms. The zero-order valence-electron chi connectivity index (χ0n) is 14.3. The van der Waals surface area contributed by atoms with Crippen molar-refractivity contribution in [1.29, 1.82) is 5.26 Å². The van der Waals surface area contributed by atoms with Gasteiger partial charge in [0.2, 0.25) is 5.69 Å². The molecule has 0 atom stereocenters. The van der Waals surface area contributed by atoms with Gasteiger partial charge in [0.1, 0.15) is 11.9 Å². The molecular formula is C24H13FN2. The smallest absolute Gasteiger partial charge is 0.224 e. The number of benzene rings is 4. The molecule has 0 fully saturated rings. The van der Waals surface area contributed by atoms with E-state index in [1.807, 2.05) is 54.6 Å². The highest BCUT2D eigenvalue weighted by atomic mass is 19.1. The third kappa shape index (κ3) is 2.82. The molecule has 0 bridgehead atoms. The molecule has 0 unspecified atom stereocenters. The van der Waals surface area contributed by atoms with Crippen molar-refractivity contribution >= 4 is 16.5 Å². The van der Waals surface area contributed by atoms with Crippen LogP contribution >= 0.6 is 0 Å². The summed E-state index contributed by atoms with van der Waals surface area (Å²) in [6.07, 6.45) is 0. The minimum atomic E-state index is -0.765. The Hall–Kier alpha value is -3.95. The van der Waals surface area contributed by atoms with Gasteiger partial charge in [0.05, 0.1) is 12.1 Å². The minimum absolute atomic E-state index is 0.119. The maximum Gasteiger partial charge on any atom is 0.224 e. The van der Waals surface area contributed by atoms with Crippen LogP contribution in [0.1, 0.15) is 5.56 Å². The first-order chi connectivity index (χ1) is 13.2. The van der Waals surface area contributed by atoms with Crippen molar-refractivity contribution in [3.05, 3.63) is 102 Å². The van der Waals surface area contributed by atoms with Crippen molar-refractivity contribution in [3.8, 4) is 28.3 Å². The van der Waals surface area contributed by atoms with Crippen LogP contribution in [0.4, 0.5) is 10.1 Å². The van der Waals surface area contributed by atoms with Crippen LogP contribution in [0.2, 0.25) is 0 Å². The average molecular weight is 348 g/mol. The van der Waals surface area contributed by atoms with Gasteiger partial charge in [-0.15, -0.1) is 0 Å². The van der Waals surface area contributed by atoms with E-state index in [1.54, 1.807) is 0 Å². The molecule has 0 N–H and O–H groups in total. The first-order valence-corrected chi connectivity index (χ1v) is 8.41. The Labute approximate surface area is 156 Å². The van der Waals surface area contributed by atoms with Crippen LogP contribution < -0.4 is 0 Å². The van der Waals surface area contributed by atoms with Crippen LogP contribution in [0.5, 0.6) is 0 Å². The van der Waals surface area contributed by atoms with Crippen molar-refractivity contribution in [2.45, 2.75) is 0 Å². The Kier molecular flexibility index (Phi) is 4.13. The van der Waals surface area contributed by atoms with Crippen LogP contribution in [-0.2, 0) is 0 Å². The van der Waals surface area contributed by atoms with Gasteiger partial charge in [0.25, 0.3) is 0 Å². The molecule has 0 saturated heterocycles. The van der Waals surface area contributed by atoms with E-state index in [0.29, 0.717) is 5.56 Å². The van der Waals surface area contributed by atoms with E-state index in [2.05, 4.69) is 23.0 Å². The summed E-state index contributed by atoms with van der Waals surface area (Å²) in [6.45, 7) is 7.22. The zero-order valence-corrected chi connectivity index (χ0v) is 14.3. The monoisotopic (exact) mass is 348 g/mol. The van der Waals surface area contributed by atoms with E-state index in [0.717, 1.165) is 27.5 Å². The number of nitriles is 1. The molecule has 0 radical (unpaired) electrons. The normalized spacial score (nSPS) is 10.3. The largest absolute Gasteiger partial charge is 0.235 e. The number of hydrogen-bond donors (Lipinski definition) is 0. The Morgan fingerprint density at radius 1 is 0.815 bits per heavy atom. The second kappa shape index (κ2) is 6.75. The molecule has 4 aromatic carbocycles. The molecule has 0 aliphatic carbocycles. The Morgan fingerprint density at radius 2 is 1.48 bits per heavy atom. The molecule has 0 saturated carbocycles. The van der Waals surface area contributed by atoms with Crippen LogP contribution in [0.25, 0.3) is 37.9 Å². The summed E-state index contributed by atoms with van der Waals surface area (Å²) in [7, 11) is 0. The quantitative estimate of drug-likeness (QED) is 0.369. The molecule has 0 heterocycles.